The van der Waals surface area contributed by atoms with Crippen LogP contribution in [-0.4, -0.2) is 10.7 Å². The van der Waals surface area contributed by atoms with Crippen molar-refractivity contribution in [2.75, 3.05) is 0 Å². The zero-order chi connectivity index (χ0) is 13.3. The number of hydrogen-bond donors (Lipinski definition) is 1. The lowest BCUT2D eigenvalue weighted by atomic mass is 9.73. The molecular weight excluding hydrogens is 232 g/mol. The van der Waals surface area contributed by atoms with Crippen molar-refractivity contribution in [1.29, 1.82) is 0 Å². The summed E-state index contributed by atoms with van der Waals surface area (Å²) in [5, 5.41) is 13.3. The van der Waals surface area contributed by atoms with E-state index in [0.717, 1.165) is 31.2 Å². The molecule has 1 atom stereocenters. The fraction of sp³-hybridized carbons (Fsp3) is 0.389. The maximum absolute atomic E-state index is 10.8. The van der Waals surface area contributed by atoms with Gasteiger partial charge >= 0.3 is 0 Å². The van der Waals surface area contributed by atoms with Crippen LogP contribution in [0, 0.1) is 6.92 Å². The summed E-state index contributed by atoms with van der Waals surface area (Å²) < 4.78 is 0. The predicted octanol–water partition coefficient (Wildman–Crippen LogP) is 4.45. The predicted molar refractivity (Wildman–Crippen MR) is 80.1 cm³/mol. The highest BCUT2D eigenvalue weighted by molar-refractivity contribution is 5.83. The Kier molecular flexibility index (Phi) is 3.32. The molecule has 1 heteroatoms. The zero-order valence-corrected chi connectivity index (χ0v) is 11.3. The van der Waals surface area contributed by atoms with Gasteiger partial charge in [0, 0.05) is 5.92 Å². The van der Waals surface area contributed by atoms with E-state index in [1.807, 2.05) is 0 Å². The van der Waals surface area contributed by atoms with Crippen molar-refractivity contribution in [2.45, 2.75) is 43.6 Å². The van der Waals surface area contributed by atoms with E-state index in [9.17, 15) is 5.11 Å². The molecule has 1 N–H and O–H groups in total. The first kappa shape index (κ1) is 12.7. The van der Waals surface area contributed by atoms with Crippen molar-refractivity contribution in [3.63, 3.8) is 0 Å². The molecule has 1 aliphatic rings. The number of benzene rings is 2. The van der Waals surface area contributed by atoms with Crippen LogP contribution in [-0.2, 0) is 0 Å². The summed E-state index contributed by atoms with van der Waals surface area (Å²) >= 11 is 0. The van der Waals surface area contributed by atoms with Gasteiger partial charge in [0.2, 0.25) is 0 Å². The van der Waals surface area contributed by atoms with E-state index in [1.54, 1.807) is 0 Å². The minimum absolute atomic E-state index is 0.0302. The molecule has 99 valence electrons. The Morgan fingerprint density at radius 3 is 2.37 bits per heavy atom. The van der Waals surface area contributed by atoms with Crippen LogP contribution in [0.3, 0.4) is 0 Å². The molecule has 1 fully saturated rings. The van der Waals surface area contributed by atoms with Gasteiger partial charge in [-0.15, -0.1) is 0 Å². The van der Waals surface area contributed by atoms with Crippen molar-refractivity contribution >= 4 is 10.8 Å². The molecule has 1 saturated carbocycles. The van der Waals surface area contributed by atoms with Crippen molar-refractivity contribution in [3.8, 4) is 0 Å². The Morgan fingerprint density at radius 1 is 0.947 bits per heavy atom. The topological polar surface area (TPSA) is 20.2 Å². The van der Waals surface area contributed by atoms with E-state index in [0.29, 0.717) is 0 Å². The highest BCUT2D eigenvalue weighted by Crippen LogP contribution is 2.39. The molecule has 2 aromatic rings. The summed E-state index contributed by atoms with van der Waals surface area (Å²) in [5.74, 6) is -0.0302. The summed E-state index contributed by atoms with van der Waals surface area (Å²) in [6, 6.07) is 14.8. The third kappa shape index (κ3) is 2.40. The Bertz CT molecular complexity index is 567. The normalized spacial score (nSPS) is 20.3. The molecule has 0 bridgehead atoms. The molecule has 1 aliphatic carbocycles. The van der Waals surface area contributed by atoms with Gasteiger partial charge in [-0.25, -0.2) is 0 Å². The summed E-state index contributed by atoms with van der Waals surface area (Å²) in [7, 11) is 0. The maximum Gasteiger partial charge on any atom is 0.0716 e. The number of rotatable bonds is 2. The van der Waals surface area contributed by atoms with E-state index in [1.165, 1.54) is 17.2 Å². The molecule has 1 nitrogen and oxygen atoms in total. The molecule has 0 spiro atoms. The summed E-state index contributed by atoms with van der Waals surface area (Å²) in [6.45, 7) is 4.26. The van der Waals surface area contributed by atoms with Crippen molar-refractivity contribution in [2.24, 2.45) is 0 Å². The molecule has 0 heterocycles. The van der Waals surface area contributed by atoms with Gasteiger partial charge in [-0.05, 0) is 36.1 Å². The van der Waals surface area contributed by atoms with Crippen molar-refractivity contribution < 1.29 is 5.11 Å². The Hall–Kier alpha value is -1.34. The van der Waals surface area contributed by atoms with Crippen LogP contribution in [0.2, 0.25) is 0 Å². The quantitative estimate of drug-likeness (QED) is 0.838. The van der Waals surface area contributed by atoms with Gasteiger partial charge in [0.25, 0.3) is 0 Å². The van der Waals surface area contributed by atoms with Crippen LogP contribution in [0.5, 0.6) is 0 Å². The van der Waals surface area contributed by atoms with Gasteiger partial charge in [0.05, 0.1) is 5.60 Å². The summed E-state index contributed by atoms with van der Waals surface area (Å²) in [4.78, 5) is 0. The highest BCUT2D eigenvalue weighted by Gasteiger charge is 2.35. The largest absolute Gasteiger partial charge is 0.389 e. The van der Waals surface area contributed by atoms with Crippen LogP contribution in [0.15, 0.2) is 42.5 Å². The number of fused-ring (bicyclic) bond motifs is 1. The molecule has 19 heavy (non-hydrogen) atoms. The molecule has 1 radical (unpaired) electrons. The van der Waals surface area contributed by atoms with Gasteiger partial charge in [0.1, 0.15) is 0 Å². The molecule has 0 aromatic heterocycles. The second-order valence-electron chi connectivity index (χ2n) is 5.82. The lowest BCUT2D eigenvalue weighted by Gasteiger charge is -2.37. The molecule has 0 amide bonds. The molecule has 2 aromatic carbocycles. The van der Waals surface area contributed by atoms with Gasteiger partial charge in [0.15, 0.2) is 0 Å². The monoisotopic (exact) mass is 253 g/mol. The summed E-state index contributed by atoms with van der Waals surface area (Å²) in [6.07, 6.45) is 5.25. The van der Waals surface area contributed by atoms with Gasteiger partial charge in [-0.3, -0.25) is 0 Å². The zero-order valence-electron chi connectivity index (χ0n) is 11.3. The molecular formula is C18H21O. The lowest BCUT2D eigenvalue weighted by molar-refractivity contribution is -0.00986. The molecule has 3 rings (SSSR count). The van der Waals surface area contributed by atoms with Gasteiger partial charge in [-0.2, -0.15) is 0 Å². The van der Waals surface area contributed by atoms with E-state index in [-0.39, 0.29) is 5.92 Å². The lowest BCUT2D eigenvalue weighted by Crippen LogP contribution is -2.37. The fourth-order valence-electron chi connectivity index (χ4n) is 3.25. The van der Waals surface area contributed by atoms with Gasteiger partial charge < -0.3 is 5.11 Å². The fourth-order valence-corrected chi connectivity index (χ4v) is 3.25. The first-order valence-corrected chi connectivity index (χ1v) is 7.23. The first-order chi connectivity index (χ1) is 9.19. The van der Waals surface area contributed by atoms with Crippen LogP contribution in [0.4, 0.5) is 0 Å². The standard InChI is InChI=1S/C18H21O/c1-14(18(19)11-5-2-6-12-18)16-10-9-15-7-3-4-8-17(15)13-16/h3-4,7-10,13-14,19H,1-2,5-6,11-12H2. The average molecular weight is 253 g/mol. The molecule has 0 saturated heterocycles. The van der Waals surface area contributed by atoms with Crippen molar-refractivity contribution in [1.82, 2.24) is 0 Å². The Morgan fingerprint density at radius 2 is 1.63 bits per heavy atom. The van der Waals surface area contributed by atoms with Crippen LogP contribution < -0.4 is 0 Å². The van der Waals surface area contributed by atoms with E-state index < -0.39 is 5.60 Å². The number of aliphatic hydroxyl groups is 1. The van der Waals surface area contributed by atoms with Crippen molar-refractivity contribution in [3.05, 3.63) is 55.0 Å². The SMILES string of the molecule is [CH2]C(c1ccc2ccccc2c1)C1(O)CCCCC1. The smallest absolute Gasteiger partial charge is 0.0716 e. The molecule has 1 unspecified atom stereocenters. The summed E-state index contributed by atoms with van der Waals surface area (Å²) in [5.41, 5.74) is 0.545. The third-order valence-corrected chi connectivity index (χ3v) is 4.54. The Balaban J connectivity index is 1.94. The second kappa shape index (κ2) is 4.97. The van der Waals surface area contributed by atoms with E-state index >= 15 is 0 Å². The minimum atomic E-state index is -0.610. The average Bonchev–Trinajstić information content (AvgIpc) is 2.47. The maximum atomic E-state index is 10.8. The highest BCUT2D eigenvalue weighted by atomic mass is 16.3. The van der Waals surface area contributed by atoms with Crippen LogP contribution in [0.25, 0.3) is 10.8 Å². The van der Waals surface area contributed by atoms with Crippen LogP contribution >= 0.6 is 0 Å². The van der Waals surface area contributed by atoms with E-state index in [4.69, 9.17) is 0 Å². The second-order valence-corrected chi connectivity index (χ2v) is 5.82. The van der Waals surface area contributed by atoms with E-state index in [2.05, 4.69) is 49.4 Å². The number of hydrogen-bond acceptors (Lipinski definition) is 1. The molecule has 0 aliphatic heterocycles. The minimum Gasteiger partial charge on any atom is -0.389 e. The van der Waals surface area contributed by atoms with Gasteiger partial charge in [-0.1, -0.05) is 61.7 Å². The first-order valence-electron chi connectivity index (χ1n) is 7.23. The third-order valence-electron chi connectivity index (χ3n) is 4.54. The Labute approximate surface area is 115 Å². The van der Waals surface area contributed by atoms with Crippen LogP contribution in [0.1, 0.15) is 43.6 Å².